The van der Waals surface area contributed by atoms with Crippen LogP contribution in [0.25, 0.3) is 10.9 Å². The Bertz CT molecular complexity index is 829. The fourth-order valence-electron chi connectivity index (χ4n) is 2.74. The van der Waals surface area contributed by atoms with E-state index in [1.165, 1.54) is 6.07 Å². The Kier molecular flexibility index (Phi) is 4.23. The Morgan fingerprint density at radius 2 is 2.00 bits per heavy atom. The monoisotopic (exact) mass is 316 g/mol. The Balaban J connectivity index is 1.78. The van der Waals surface area contributed by atoms with Gasteiger partial charge in [0.2, 0.25) is 0 Å². The second-order valence-electron chi connectivity index (χ2n) is 5.56. The van der Waals surface area contributed by atoms with Gasteiger partial charge in [-0.2, -0.15) is 0 Å². The molecule has 0 bridgehead atoms. The third kappa shape index (κ3) is 3.16. The van der Waals surface area contributed by atoms with Gasteiger partial charge in [0.1, 0.15) is 17.2 Å². The van der Waals surface area contributed by atoms with Crippen LogP contribution in [0, 0.1) is 18.6 Å². The number of imidazole rings is 1. The molecule has 0 aliphatic rings. The third-order valence-electron chi connectivity index (χ3n) is 3.97. The number of aryl methyl sites for hydroxylation is 2. The van der Waals surface area contributed by atoms with Crippen LogP contribution in [-0.4, -0.2) is 28.1 Å². The molecule has 0 unspecified atom stereocenters. The lowest BCUT2D eigenvalue weighted by Crippen LogP contribution is -2.20. The molecule has 0 saturated heterocycles. The Morgan fingerprint density at radius 1 is 1.17 bits per heavy atom. The molecule has 0 aliphatic carbocycles. The van der Waals surface area contributed by atoms with E-state index in [9.17, 15) is 8.78 Å². The summed E-state index contributed by atoms with van der Waals surface area (Å²) in [6, 6.07) is 3.97. The highest BCUT2D eigenvalue weighted by Gasteiger charge is 2.12. The van der Waals surface area contributed by atoms with E-state index in [4.69, 9.17) is 0 Å². The van der Waals surface area contributed by atoms with Gasteiger partial charge in [-0.25, -0.2) is 13.8 Å². The van der Waals surface area contributed by atoms with E-state index in [0.717, 1.165) is 37.1 Å². The van der Waals surface area contributed by atoms with E-state index < -0.39 is 11.6 Å². The van der Waals surface area contributed by atoms with Gasteiger partial charge < -0.3 is 9.47 Å². The van der Waals surface area contributed by atoms with Gasteiger partial charge in [0, 0.05) is 55.9 Å². The van der Waals surface area contributed by atoms with Gasteiger partial charge in [-0.15, -0.1) is 0 Å². The van der Waals surface area contributed by atoms with E-state index in [1.54, 1.807) is 18.5 Å². The molecular formula is C17H18F2N4. The zero-order valence-electron chi connectivity index (χ0n) is 13.1. The molecule has 0 saturated carbocycles. The summed E-state index contributed by atoms with van der Waals surface area (Å²) in [6.07, 6.45) is 6.17. The summed E-state index contributed by atoms with van der Waals surface area (Å²) in [5, 5.41) is 0.492. The van der Waals surface area contributed by atoms with Crippen LogP contribution in [0.15, 0.2) is 36.8 Å². The summed E-state index contributed by atoms with van der Waals surface area (Å²) >= 11 is 0. The minimum Gasteiger partial charge on any atom is -0.374 e. The zero-order valence-corrected chi connectivity index (χ0v) is 13.1. The molecule has 0 aliphatic heterocycles. The maximum absolute atomic E-state index is 13.8. The Labute approximate surface area is 133 Å². The van der Waals surface area contributed by atoms with Crippen LogP contribution < -0.4 is 4.90 Å². The maximum Gasteiger partial charge on any atom is 0.152 e. The van der Waals surface area contributed by atoms with Crippen molar-refractivity contribution in [3.8, 4) is 0 Å². The normalized spacial score (nSPS) is 11.1. The van der Waals surface area contributed by atoms with Crippen molar-refractivity contribution in [2.75, 3.05) is 18.5 Å². The summed E-state index contributed by atoms with van der Waals surface area (Å²) in [4.78, 5) is 10.2. The summed E-state index contributed by atoms with van der Waals surface area (Å²) in [6.45, 7) is 3.57. The van der Waals surface area contributed by atoms with Crippen LogP contribution in [-0.2, 0) is 6.54 Å². The molecule has 3 aromatic rings. The van der Waals surface area contributed by atoms with Crippen molar-refractivity contribution >= 4 is 16.6 Å². The van der Waals surface area contributed by atoms with Gasteiger partial charge in [0.05, 0.1) is 0 Å². The predicted molar refractivity (Wildman–Crippen MR) is 86.5 cm³/mol. The summed E-state index contributed by atoms with van der Waals surface area (Å²) < 4.78 is 29.4. The topological polar surface area (TPSA) is 34.0 Å². The minimum atomic E-state index is -0.635. The van der Waals surface area contributed by atoms with Gasteiger partial charge in [-0.05, 0) is 25.5 Å². The molecule has 6 heteroatoms. The molecule has 0 amide bonds. The lowest BCUT2D eigenvalue weighted by atomic mass is 10.1. The smallest absolute Gasteiger partial charge is 0.152 e. The molecule has 3 rings (SSSR count). The number of fused-ring (bicyclic) bond motifs is 1. The first kappa shape index (κ1) is 15.4. The number of halogens is 2. The first-order valence-corrected chi connectivity index (χ1v) is 7.49. The van der Waals surface area contributed by atoms with Crippen molar-refractivity contribution < 1.29 is 8.78 Å². The molecule has 0 atom stereocenters. The minimum absolute atomic E-state index is 0.196. The molecule has 0 fully saturated rings. The van der Waals surface area contributed by atoms with Crippen LogP contribution >= 0.6 is 0 Å². The quantitative estimate of drug-likeness (QED) is 0.722. The number of nitrogens with zero attached hydrogens (tertiary/aromatic N) is 4. The molecule has 0 radical (unpaired) electrons. The molecular weight excluding hydrogens is 298 g/mol. The standard InChI is InChI=1S/C17H18F2N4/c1-12-20-6-9-23(12)8-3-7-22(2)16-4-5-21-17-14(16)10-13(18)11-15(17)19/h4-6,9-11H,3,7-8H2,1-2H3. The third-order valence-corrected chi connectivity index (χ3v) is 3.97. The predicted octanol–water partition coefficient (Wildman–Crippen LogP) is 3.54. The van der Waals surface area contributed by atoms with Crippen molar-refractivity contribution in [1.82, 2.24) is 14.5 Å². The van der Waals surface area contributed by atoms with Crippen LogP contribution in [0.2, 0.25) is 0 Å². The number of rotatable bonds is 5. The lowest BCUT2D eigenvalue weighted by molar-refractivity contribution is 0.590. The van der Waals surface area contributed by atoms with Crippen molar-refractivity contribution in [1.29, 1.82) is 0 Å². The fourth-order valence-corrected chi connectivity index (χ4v) is 2.74. The van der Waals surface area contributed by atoms with Crippen molar-refractivity contribution in [3.63, 3.8) is 0 Å². The lowest BCUT2D eigenvalue weighted by Gasteiger charge is -2.21. The van der Waals surface area contributed by atoms with E-state index in [2.05, 4.69) is 14.5 Å². The van der Waals surface area contributed by atoms with Crippen molar-refractivity contribution in [2.24, 2.45) is 0 Å². The zero-order chi connectivity index (χ0) is 16.4. The Hall–Kier alpha value is -2.50. The molecule has 120 valence electrons. The highest BCUT2D eigenvalue weighted by molar-refractivity contribution is 5.91. The van der Waals surface area contributed by atoms with Crippen LogP contribution in [0.4, 0.5) is 14.5 Å². The van der Waals surface area contributed by atoms with Crippen molar-refractivity contribution in [2.45, 2.75) is 19.9 Å². The molecule has 23 heavy (non-hydrogen) atoms. The largest absolute Gasteiger partial charge is 0.374 e. The van der Waals surface area contributed by atoms with E-state index in [1.807, 2.05) is 25.1 Å². The fraction of sp³-hybridized carbons (Fsp3) is 0.294. The number of pyridine rings is 1. The van der Waals surface area contributed by atoms with E-state index >= 15 is 0 Å². The number of aromatic nitrogens is 3. The molecule has 4 nitrogen and oxygen atoms in total. The summed E-state index contributed by atoms with van der Waals surface area (Å²) in [5.74, 6) is -0.248. The number of benzene rings is 1. The second kappa shape index (κ2) is 6.32. The van der Waals surface area contributed by atoms with Gasteiger partial charge in [-0.3, -0.25) is 4.98 Å². The maximum atomic E-state index is 13.8. The molecule has 0 spiro atoms. The van der Waals surface area contributed by atoms with Crippen LogP contribution in [0.1, 0.15) is 12.2 Å². The average molecular weight is 316 g/mol. The number of anilines is 1. The molecule has 1 aromatic carbocycles. The van der Waals surface area contributed by atoms with E-state index in [-0.39, 0.29) is 5.52 Å². The SMILES string of the molecule is Cc1nccn1CCCN(C)c1ccnc2c(F)cc(F)cc12. The highest BCUT2D eigenvalue weighted by atomic mass is 19.1. The molecule has 0 N–H and O–H groups in total. The first-order valence-electron chi connectivity index (χ1n) is 7.49. The Morgan fingerprint density at radius 3 is 2.74 bits per heavy atom. The second-order valence-corrected chi connectivity index (χ2v) is 5.56. The number of hydrogen-bond donors (Lipinski definition) is 0. The van der Waals surface area contributed by atoms with Gasteiger partial charge in [0.15, 0.2) is 5.82 Å². The van der Waals surface area contributed by atoms with Gasteiger partial charge in [0.25, 0.3) is 0 Å². The average Bonchev–Trinajstić information content (AvgIpc) is 2.92. The van der Waals surface area contributed by atoms with Gasteiger partial charge in [-0.1, -0.05) is 0 Å². The summed E-state index contributed by atoms with van der Waals surface area (Å²) in [7, 11) is 1.92. The highest BCUT2D eigenvalue weighted by Crippen LogP contribution is 2.27. The van der Waals surface area contributed by atoms with E-state index in [0.29, 0.717) is 5.39 Å². The van der Waals surface area contributed by atoms with Gasteiger partial charge >= 0.3 is 0 Å². The molecule has 2 aromatic heterocycles. The van der Waals surface area contributed by atoms with Crippen LogP contribution in [0.5, 0.6) is 0 Å². The summed E-state index contributed by atoms with van der Waals surface area (Å²) in [5.41, 5.74) is 0.969. The van der Waals surface area contributed by atoms with Crippen LogP contribution in [0.3, 0.4) is 0 Å². The number of hydrogen-bond acceptors (Lipinski definition) is 3. The molecule has 2 heterocycles. The van der Waals surface area contributed by atoms with Crippen molar-refractivity contribution in [3.05, 3.63) is 54.2 Å². The first-order chi connectivity index (χ1) is 11.1.